The second kappa shape index (κ2) is 3.71. The second-order valence-corrected chi connectivity index (χ2v) is 6.72. The van der Waals surface area contributed by atoms with E-state index in [0.29, 0.717) is 4.75 Å². The zero-order valence-corrected chi connectivity index (χ0v) is 10.3. The summed E-state index contributed by atoms with van der Waals surface area (Å²) >= 11 is 8.13. The summed E-state index contributed by atoms with van der Waals surface area (Å²) < 4.78 is 0.533. The number of fused-ring (bicyclic) bond motifs is 1. The summed E-state index contributed by atoms with van der Waals surface area (Å²) in [5, 5.41) is 0.883. The first-order chi connectivity index (χ1) is 7.27. The van der Waals surface area contributed by atoms with Gasteiger partial charge >= 0.3 is 0 Å². The van der Waals surface area contributed by atoms with Crippen molar-refractivity contribution in [3.8, 4) is 0 Å². The van der Waals surface area contributed by atoms with E-state index in [4.69, 9.17) is 11.6 Å². The first-order valence-corrected chi connectivity index (χ1v) is 6.94. The van der Waals surface area contributed by atoms with E-state index in [2.05, 4.69) is 23.9 Å². The van der Waals surface area contributed by atoms with Crippen molar-refractivity contribution in [3.05, 3.63) is 28.8 Å². The number of thioether (sulfide) groups is 1. The lowest BCUT2D eigenvalue weighted by Crippen LogP contribution is -2.26. The van der Waals surface area contributed by atoms with Gasteiger partial charge in [-0.25, -0.2) is 0 Å². The van der Waals surface area contributed by atoms with Crippen LogP contribution in [0.5, 0.6) is 0 Å². The van der Waals surface area contributed by atoms with Crippen LogP contribution in [0.1, 0.15) is 37.7 Å². The van der Waals surface area contributed by atoms with E-state index in [1.54, 1.807) is 0 Å². The topological polar surface area (TPSA) is 0 Å². The van der Waals surface area contributed by atoms with Crippen molar-refractivity contribution < 1.29 is 0 Å². The molecule has 0 amide bonds. The van der Waals surface area contributed by atoms with E-state index in [0.717, 1.165) is 5.02 Å². The Morgan fingerprint density at radius 1 is 1.13 bits per heavy atom. The largest absolute Gasteiger partial charge is 0.119 e. The molecule has 0 N–H and O–H groups in total. The van der Waals surface area contributed by atoms with Crippen LogP contribution in [-0.4, -0.2) is 4.75 Å². The average Bonchev–Trinajstić information content (AvgIpc) is 2.56. The molecule has 1 heterocycles. The molecule has 15 heavy (non-hydrogen) atoms. The van der Waals surface area contributed by atoms with Crippen molar-refractivity contribution in [1.82, 2.24) is 0 Å². The summed E-state index contributed by atoms with van der Waals surface area (Å²) in [5.74, 6) is 0. The lowest BCUT2D eigenvalue weighted by Gasteiger charge is -2.32. The molecule has 80 valence electrons. The van der Waals surface area contributed by atoms with Crippen molar-refractivity contribution in [2.45, 2.75) is 48.2 Å². The van der Waals surface area contributed by atoms with E-state index < -0.39 is 0 Å². The maximum absolute atomic E-state index is 6.04. The zero-order valence-electron chi connectivity index (χ0n) is 8.76. The molecule has 1 aromatic carbocycles. The summed E-state index contributed by atoms with van der Waals surface area (Å²) in [6, 6.07) is 6.39. The van der Waals surface area contributed by atoms with E-state index >= 15 is 0 Å². The standard InChI is InChI=1S/C13H15ClS/c14-11-5-4-10-9-13(15-12(10)8-11)6-2-1-3-7-13/h4-5,8H,1-3,6-7,9H2. The van der Waals surface area contributed by atoms with Gasteiger partial charge in [0.2, 0.25) is 0 Å². The quantitative estimate of drug-likeness (QED) is 0.632. The number of halogens is 1. The van der Waals surface area contributed by atoms with Gasteiger partial charge in [0.15, 0.2) is 0 Å². The van der Waals surface area contributed by atoms with Gasteiger partial charge in [0.25, 0.3) is 0 Å². The second-order valence-electron chi connectivity index (χ2n) is 4.77. The van der Waals surface area contributed by atoms with Gasteiger partial charge in [-0.05, 0) is 37.0 Å². The van der Waals surface area contributed by atoms with Gasteiger partial charge in [0.1, 0.15) is 0 Å². The third-order valence-electron chi connectivity index (χ3n) is 3.63. The van der Waals surface area contributed by atoms with Crippen LogP contribution in [0.3, 0.4) is 0 Å². The molecule has 0 aromatic heterocycles. The van der Waals surface area contributed by atoms with E-state index in [1.807, 2.05) is 6.07 Å². The summed E-state index contributed by atoms with van der Waals surface area (Å²) in [5.41, 5.74) is 1.52. The van der Waals surface area contributed by atoms with Crippen molar-refractivity contribution >= 4 is 23.4 Å². The number of rotatable bonds is 0. The van der Waals surface area contributed by atoms with Crippen LogP contribution < -0.4 is 0 Å². The molecular formula is C13H15ClS. The molecule has 1 fully saturated rings. The average molecular weight is 239 g/mol. The van der Waals surface area contributed by atoms with Crippen LogP contribution in [0, 0.1) is 0 Å². The van der Waals surface area contributed by atoms with Crippen LogP contribution in [0.25, 0.3) is 0 Å². The molecule has 2 heteroatoms. The zero-order chi connectivity index (χ0) is 10.3. The van der Waals surface area contributed by atoms with Crippen LogP contribution in [-0.2, 0) is 6.42 Å². The molecule has 0 unspecified atom stereocenters. The minimum atomic E-state index is 0.533. The molecule has 0 bridgehead atoms. The molecule has 0 radical (unpaired) electrons. The van der Waals surface area contributed by atoms with Gasteiger partial charge < -0.3 is 0 Å². The predicted octanol–water partition coefficient (Wildman–Crippen LogP) is 4.69. The fraction of sp³-hybridized carbons (Fsp3) is 0.538. The predicted molar refractivity (Wildman–Crippen MR) is 66.8 cm³/mol. The minimum absolute atomic E-state index is 0.533. The molecule has 1 aliphatic carbocycles. The molecule has 1 spiro atoms. The number of hydrogen-bond donors (Lipinski definition) is 0. The van der Waals surface area contributed by atoms with Gasteiger partial charge in [-0.1, -0.05) is 36.9 Å². The molecule has 2 aliphatic rings. The van der Waals surface area contributed by atoms with Crippen LogP contribution in [0.2, 0.25) is 5.02 Å². The Morgan fingerprint density at radius 3 is 2.73 bits per heavy atom. The lowest BCUT2D eigenvalue weighted by molar-refractivity contribution is 0.400. The third kappa shape index (κ3) is 1.81. The van der Waals surface area contributed by atoms with Crippen molar-refractivity contribution in [3.63, 3.8) is 0 Å². The van der Waals surface area contributed by atoms with Gasteiger partial charge in [-0.15, -0.1) is 11.8 Å². The normalized spacial score (nSPS) is 23.0. The third-order valence-corrected chi connectivity index (χ3v) is 5.45. The van der Waals surface area contributed by atoms with Crippen molar-refractivity contribution in [2.24, 2.45) is 0 Å². The van der Waals surface area contributed by atoms with Gasteiger partial charge in [-0.3, -0.25) is 0 Å². The van der Waals surface area contributed by atoms with E-state index in [9.17, 15) is 0 Å². The van der Waals surface area contributed by atoms with Gasteiger partial charge in [-0.2, -0.15) is 0 Å². The summed E-state index contributed by atoms with van der Waals surface area (Å²) in [7, 11) is 0. The molecule has 1 saturated carbocycles. The SMILES string of the molecule is Clc1ccc2c(c1)SC1(CCCCC1)C2. The Hall–Kier alpha value is -0.140. The maximum atomic E-state index is 6.04. The highest BCUT2D eigenvalue weighted by Gasteiger charge is 2.38. The van der Waals surface area contributed by atoms with Gasteiger partial charge in [0.05, 0.1) is 0 Å². The molecule has 1 aromatic rings. The summed E-state index contributed by atoms with van der Waals surface area (Å²) in [4.78, 5) is 1.43. The Kier molecular flexibility index (Phi) is 2.48. The van der Waals surface area contributed by atoms with E-state index in [1.165, 1.54) is 49.0 Å². The van der Waals surface area contributed by atoms with Gasteiger partial charge in [0, 0.05) is 14.7 Å². The summed E-state index contributed by atoms with van der Waals surface area (Å²) in [6.07, 6.45) is 8.31. The van der Waals surface area contributed by atoms with E-state index in [-0.39, 0.29) is 0 Å². The molecule has 3 rings (SSSR count). The molecule has 0 atom stereocenters. The lowest BCUT2D eigenvalue weighted by atomic mass is 9.84. The minimum Gasteiger partial charge on any atom is -0.119 e. The molecular weight excluding hydrogens is 224 g/mol. The fourth-order valence-corrected chi connectivity index (χ4v) is 4.74. The molecule has 1 aliphatic heterocycles. The van der Waals surface area contributed by atoms with Crippen LogP contribution >= 0.6 is 23.4 Å². The number of hydrogen-bond acceptors (Lipinski definition) is 1. The first-order valence-electron chi connectivity index (χ1n) is 5.75. The molecule has 0 saturated heterocycles. The fourth-order valence-electron chi connectivity index (χ4n) is 2.86. The van der Waals surface area contributed by atoms with Crippen LogP contribution in [0.4, 0.5) is 0 Å². The highest BCUT2D eigenvalue weighted by molar-refractivity contribution is 8.01. The van der Waals surface area contributed by atoms with Crippen molar-refractivity contribution in [2.75, 3.05) is 0 Å². The Labute approximate surface area is 100 Å². The highest BCUT2D eigenvalue weighted by Crippen LogP contribution is 2.52. The molecule has 0 nitrogen and oxygen atoms in total. The first kappa shape index (κ1) is 10.0. The van der Waals surface area contributed by atoms with Crippen molar-refractivity contribution in [1.29, 1.82) is 0 Å². The Bertz CT molecular complexity index is 380. The smallest absolute Gasteiger partial charge is 0.0417 e. The Balaban J connectivity index is 1.90. The Morgan fingerprint density at radius 2 is 1.93 bits per heavy atom. The number of benzene rings is 1. The monoisotopic (exact) mass is 238 g/mol. The van der Waals surface area contributed by atoms with Crippen LogP contribution in [0.15, 0.2) is 23.1 Å². The highest BCUT2D eigenvalue weighted by atomic mass is 35.5. The summed E-state index contributed by atoms with van der Waals surface area (Å²) in [6.45, 7) is 0. The maximum Gasteiger partial charge on any atom is 0.0417 e.